The first-order valence-electron chi connectivity index (χ1n) is 12.4. The quantitative estimate of drug-likeness (QED) is 0.464. The van der Waals surface area contributed by atoms with Gasteiger partial charge in [0.15, 0.2) is 0 Å². The standard InChI is InChI=1S/C27H45N3O4/c1-10-11-16-30(23(24(31)28-19(4)5)21-15-13-12-14-20(21)6)25(32)22(17-18(2)3)29-26(33)34-27(7,8)9/h12-15,18-19,22-23H,10-11,16-17H2,1-9H3,(H,28,31)(H,29,33). The summed E-state index contributed by atoms with van der Waals surface area (Å²) >= 11 is 0. The van der Waals surface area contributed by atoms with Crippen LogP contribution in [-0.4, -0.2) is 47.0 Å². The molecule has 0 radical (unpaired) electrons. The van der Waals surface area contributed by atoms with E-state index in [2.05, 4.69) is 10.6 Å². The summed E-state index contributed by atoms with van der Waals surface area (Å²) in [7, 11) is 0. The summed E-state index contributed by atoms with van der Waals surface area (Å²) < 4.78 is 5.43. The smallest absolute Gasteiger partial charge is 0.408 e. The summed E-state index contributed by atoms with van der Waals surface area (Å²) in [6, 6.07) is 5.96. The van der Waals surface area contributed by atoms with E-state index in [1.807, 2.05) is 65.8 Å². The first kappa shape index (κ1) is 29.5. The highest BCUT2D eigenvalue weighted by atomic mass is 16.6. The molecule has 0 heterocycles. The van der Waals surface area contributed by atoms with Crippen LogP contribution in [0.2, 0.25) is 0 Å². The Hall–Kier alpha value is -2.57. The van der Waals surface area contributed by atoms with Gasteiger partial charge in [0.1, 0.15) is 17.7 Å². The molecule has 3 amide bonds. The molecule has 1 aromatic carbocycles. The van der Waals surface area contributed by atoms with E-state index in [9.17, 15) is 14.4 Å². The maximum absolute atomic E-state index is 14.0. The minimum absolute atomic E-state index is 0.0755. The van der Waals surface area contributed by atoms with Crippen molar-refractivity contribution in [3.63, 3.8) is 0 Å². The molecule has 0 aliphatic carbocycles. The van der Waals surface area contributed by atoms with E-state index >= 15 is 0 Å². The number of amides is 3. The highest BCUT2D eigenvalue weighted by Crippen LogP contribution is 2.27. The number of rotatable bonds is 11. The molecule has 192 valence electrons. The van der Waals surface area contributed by atoms with Gasteiger partial charge in [0, 0.05) is 12.6 Å². The lowest BCUT2D eigenvalue weighted by Gasteiger charge is -2.36. The van der Waals surface area contributed by atoms with Gasteiger partial charge in [0.2, 0.25) is 11.8 Å². The van der Waals surface area contributed by atoms with Crippen molar-refractivity contribution in [2.75, 3.05) is 6.54 Å². The Morgan fingerprint density at radius 1 is 1.03 bits per heavy atom. The molecule has 0 bridgehead atoms. The number of alkyl carbamates (subject to hydrolysis) is 1. The Bertz CT molecular complexity index is 814. The van der Waals surface area contributed by atoms with Gasteiger partial charge in [-0.05, 0) is 71.4 Å². The van der Waals surface area contributed by atoms with Gasteiger partial charge < -0.3 is 20.3 Å². The minimum atomic E-state index is -0.801. The van der Waals surface area contributed by atoms with Crippen LogP contribution in [0.5, 0.6) is 0 Å². The third kappa shape index (κ3) is 9.74. The van der Waals surface area contributed by atoms with Gasteiger partial charge in [-0.1, -0.05) is 51.5 Å². The Labute approximate surface area is 206 Å². The zero-order chi connectivity index (χ0) is 26.1. The molecule has 0 aliphatic rings. The van der Waals surface area contributed by atoms with Gasteiger partial charge >= 0.3 is 6.09 Å². The van der Waals surface area contributed by atoms with Crippen molar-refractivity contribution in [2.24, 2.45) is 5.92 Å². The van der Waals surface area contributed by atoms with Crippen molar-refractivity contribution in [3.8, 4) is 0 Å². The highest BCUT2D eigenvalue weighted by molar-refractivity contribution is 5.92. The molecule has 0 saturated carbocycles. The van der Waals surface area contributed by atoms with E-state index in [0.29, 0.717) is 13.0 Å². The van der Waals surface area contributed by atoms with Crippen molar-refractivity contribution in [2.45, 2.75) is 105 Å². The molecule has 0 aromatic heterocycles. The number of carbonyl (C=O) groups is 3. The van der Waals surface area contributed by atoms with E-state index in [1.165, 1.54) is 0 Å². The summed E-state index contributed by atoms with van der Waals surface area (Å²) in [6.45, 7) is 17.5. The molecule has 0 fully saturated rings. The van der Waals surface area contributed by atoms with Gasteiger partial charge in [-0.3, -0.25) is 9.59 Å². The second-order valence-electron chi connectivity index (χ2n) is 10.6. The molecule has 0 saturated heterocycles. The summed E-state index contributed by atoms with van der Waals surface area (Å²) in [5.41, 5.74) is 1.03. The average molecular weight is 476 g/mol. The Kier molecular flexibility index (Phi) is 11.6. The van der Waals surface area contributed by atoms with Crippen LogP contribution >= 0.6 is 0 Å². The normalized spacial score (nSPS) is 13.4. The Balaban J connectivity index is 3.46. The number of carbonyl (C=O) groups excluding carboxylic acids is 3. The van der Waals surface area contributed by atoms with Gasteiger partial charge in [0.05, 0.1) is 0 Å². The average Bonchev–Trinajstić information content (AvgIpc) is 2.68. The Morgan fingerprint density at radius 2 is 1.65 bits per heavy atom. The van der Waals surface area contributed by atoms with Gasteiger partial charge in [0.25, 0.3) is 0 Å². The molecule has 34 heavy (non-hydrogen) atoms. The van der Waals surface area contributed by atoms with Crippen LogP contribution in [0.4, 0.5) is 4.79 Å². The molecule has 2 N–H and O–H groups in total. The van der Waals surface area contributed by atoms with Gasteiger partial charge in [-0.2, -0.15) is 0 Å². The van der Waals surface area contributed by atoms with Crippen LogP contribution in [-0.2, 0) is 14.3 Å². The molecular formula is C27H45N3O4. The number of hydrogen-bond acceptors (Lipinski definition) is 4. The number of nitrogens with zero attached hydrogens (tertiary/aromatic N) is 1. The number of aryl methyl sites for hydroxylation is 1. The van der Waals surface area contributed by atoms with E-state index in [1.54, 1.807) is 25.7 Å². The summed E-state index contributed by atoms with van der Waals surface area (Å²) in [5, 5.41) is 5.77. The maximum atomic E-state index is 14.0. The van der Waals surface area contributed by atoms with Crippen LogP contribution in [0.3, 0.4) is 0 Å². The lowest BCUT2D eigenvalue weighted by Crippen LogP contribution is -2.54. The van der Waals surface area contributed by atoms with Crippen molar-refractivity contribution >= 4 is 17.9 Å². The molecule has 7 heteroatoms. The number of benzene rings is 1. The molecule has 0 spiro atoms. The van der Waals surface area contributed by atoms with Crippen LogP contribution in [0.1, 0.15) is 91.8 Å². The summed E-state index contributed by atoms with van der Waals surface area (Å²) in [6.07, 6.45) is 1.41. The zero-order valence-electron chi connectivity index (χ0n) is 22.5. The second kappa shape index (κ2) is 13.4. The highest BCUT2D eigenvalue weighted by Gasteiger charge is 2.37. The third-order valence-electron chi connectivity index (χ3n) is 5.21. The number of unbranched alkanes of at least 4 members (excludes halogenated alkanes) is 1. The number of nitrogens with one attached hydrogen (secondary N) is 2. The van der Waals surface area contributed by atoms with E-state index in [-0.39, 0.29) is 23.8 Å². The predicted octanol–water partition coefficient (Wildman–Crippen LogP) is 5.13. The van der Waals surface area contributed by atoms with Crippen LogP contribution in [0.25, 0.3) is 0 Å². The Morgan fingerprint density at radius 3 is 2.15 bits per heavy atom. The van der Waals surface area contributed by atoms with Crippen LogP contribution in [0.15, 0.2) is 24.3 Å². The van der Waals surface area contributed by atoms with Gasteiger partial charge in [-0.15, -0.1) is 0 Å². The van der Waals surface area contributed by atoms with E-state index in [4.69, 9.17) is 4.74 Å². The molecule has 1 rings (SSSR count). The van der Waals surface area contributed by atoms with Crippen molar-refractivity contribution in [3.05, 3.63) is 35.4 Å². The fourth-order valence-corrected chi connectivity index (χ4v) is 3.75. The SMILES string of the molecule is CCCCN(C(=O)C(CC(C)C)NC(=O)OC(C)(C)C)C(C(=O)NC(C)C)c1ccccc1C. The first-order chi connectivity index (χ1) is 15.8. The summed E-state index contributed by atoms with van der Waals surface area (Å²) in [5.74, 6) is -0.354. The van der Waals surface area contributed by atoms with E-state index < -0.39 is 23.8 Å². The second-order valence-corrected chi connectivity index (χ2v) is 10.6. The predicted molar refractivity (Wildman–Crippen MR) is 136 cm³/mol. The van der Waals surface area contributed by atoms with Crippen molar-refractivity contribution in [1.82, 2.24) is 15.5 Å². The topological polar surface area (TPSA) is 87.7 Å². The van der Waals surface area contributed by atoms with E-state index in [0.717, 1.165) is 24.0 Å². The molecule has 1 aromatic rings. The van der Waals surface area contributed by atoms with Crippen molar-refractivity contribution < 1.29 is 19.1 Å². The van der Waals surface area contributed by atoms with Crippen LogP contribution < -0.4 is 10.6 Å². The third-order valence-corrected chi connectivity index (χ3v) is 5.21. The number of ether oxygens (including phenoxy) is 1. The molecular weight excluding hydrogens is 430 g/mol. The van der Waals surface area contributed by atoms with Crippen LogP contribution in [0, 0.1) is 12.8 Å². The molecule has 0 aliphatic heterocycles. The lowest BCUT2D eigenvalue weighted by atomic mass is 9.96. The van der Waals surface area contributed by atoms with Gasteiger partial charge in [-0.25, -0.2) is 4.79 Å². The zero-order valence-corrected chi connectivity index (χ0v) is 22.5. The monoisotopic (exact) mass is 475 g/mol. The number of hydrogen-bond donors (Lipinski definition) is 2. The fraction of sp³-hybridized carbons (Fsp3) is 0.667. The molecule has 7 nitrogen and oxygen atoms in total. The summed E-state index contributed by atoms with van der Waals surface area (Å²) in [4.78, 5) is 41.6. The molecule has 2 unspecified atom stereocenters. The minimum Gasteiger partial charge on any atom is -0.444 e. The largest absolute Gasteiger partial charge is 0.444 e. The fourth-order valence-electron chi connectivity index (χ4n) is 3.75. The van der Waals surface area contributed by atoms with Crippen molar-refractivity contribution in [1.29, 1.82) is 0 Å². The lowest BCUT2D eigenvalue weighted by molar-refractivity contribution is -0.143. The first-order valence-corrected chi connectivity index (χ1v) is 12.4. The maximum Gasteiger partial charge on any atom is 0.408 e. The molecule has 2 atom stereocenters.